The molecule has 3 heterocycles. The highest BCUT2D eigenvalue weighted by atomic mass is 32.1. The maximum Gasteiger partial charge on any atom is 0.338 e. The van der Waals surface area contributed by atoms with E-state index >= 15 is 0 Å². The molecule has 3 aromatic carbocycles. The van der Waals surface area contributed by atoms with Crippen molar-refractivity contribution in [1.29, 1.82) is 0 Å². The predicted molar refractivity (Wildman–Crippen MR) is 155 cm³/mol. The van der Waals surface area contributed by atoms with Gasteiger partial charge in [0.2, 0.25) is 0 Å². The van der Waals surface area contributed by atoms with Crippen molar-refractivity contribution in [3.05, 3.63) is 125 Å². The minimum Gasteiger partial charge on any atom is -0.459 e. The minimum absolute atomic E-state index is 0.253. The van der Waals surface area contributed by atoms with Crippen LogP contribution in [0.2, 0.25) is 0 Å². The average Bonchev–Trinajstić information content (AvgIpc) is 3.63. The van der Waals surface area contributed by atoms with Gasteiger partial charge in [-0.3, -0.25) is 4.57 Å². The van der Waals surface area contributed by atoms with Crippen molar-refractivity contribution < 1.29 is 33.3 Å². The minimum atomic E-state index is -1.19. The van der Waals surface area contributed by atoms with E-state index in [2.05, 4.69) is 15.0 Å². The van der Waals surface area contributed by atoms with Gasteiger partial charge in [0, 0.05) is 0 Å². The first-order valence-corrected chi connectivity index (χ1v) is 13.7. The Morgan fingerprint density at radius 3 is 1.88 bits per heavy atom. The number of fused-ring (bicyclic) bond motifs is 1. The molecule has 1 aliphatic rings. The van der Waals surface area contributed by atoms with Crippen molar-refractivity contribution in [2.45, 2.75) is 24.5 Å². The van der Waals surface area contributed by atoms with E-state index in [9.17, 15) is 14.4 Å². The van der Waals surface area contributed by atoms with Crippen LogP contribution in [0.25, 0.3) is 11.2 Å². The van der Waals surface area contributed by atoms with Gasteiger partial charge < -0.3 is 23.9 Å². The number of nitrogens with one attached hydrogen (secondary N) is 1. The Hall–Kier alpha value is -5.20. The van der Waals surface area contributed by atoms with Crippen LogP contribution >= 0.6 is 12.2 Å². The third-order valence-corrected chi connectivity index (χ3v) is 7.13. The number of benzene rings is 3. The van der Waals surface area contributed by atoms with E-state index in [1.165, 1.54) is 12.7 Å². The molecule has 12 heteroatoms. The van der Waals surface area contributed by atoms with Gasteiger partial charge in [-0.15, -0.1) is 0 Å². The normalized spacial score (nSPS) is 19.5. The predicted octanol–water partition coefficient (Wildman–Crippen LogP) is 4.69. The molecule has 1 fully saturated rings. The number of imidazole rings is 1. The fourth-order valence-electron chi connectivity index (χ4n) is 4.75. The van der Waals surface area contributed by atoms with E-state index < -0.39 is 42.4 Å². The van der Waals surface area contributed by atoms with Crippen LogP contribution in [0.1, 0.15) is 37.3 Å². The van der Waals surface area contributed by atoms with E-state index in [-0.39, 0.29) is 22.4 Å². The van der Waals surface area contributed by atoms with Gasteiger partial charge in [0.25, 0.3) is 0 Å². The molecule has 4 unspecified atom stereocenters. The number of hydrogen-bond donors (Lipinski definition) is 1. The zero-order valence-corrected chi connectivity index (χ0v) is 23.3. The quantitative estimate of drug-likeness (QED) is 0.153. The Morgan fingerprint density at radius 1 is 0.767 bits per heavy atom. The first-order chi connectivity index (χ1) is 21.0. The van der Waals surface area contributed by atoms with Crippen molar-refractivity contribution in [2.75, 3.05) is 6.61 Å². The van der Waals surface area contributed by atoms with Gasteiger partial charge in [-0.1, -0.05) is 66.8 Å². The molecule has 1 saturated heterocycles. The lowest BCUT2D eigenvalue weighted by molar-refractivity contribution is -0.0606. The number of carbonyl (C=O) groups excluding carboxylic acids is 3. The fraction of sp³-hybridized carbons (Fsp3) is 0.161. The molecule has 4 atom stereocenters. The Bertz CT molecular complexity index is 1810. The largest absolute Gasteiger partial charge is 0.459 e. The van der Waals surface area contributed by atoms with Crippen LogP contribution < -0.4 is 0 Å². The number of ether oxygens (including phenoxy) is 4. The summed E-state index contributed by atoms with van der Waals surface area (Å²) in [5, 5.41) is 0. The lowest BCUT2D eigenvalue weighted by Gasteiger charge is -2.25. The molecule has 6 rings (SSSR count). The van der Waals surface area contributed by atoms with Crippen LogP contribution in [0.4, 0.5) is 0 Å². The summed E-state index contributed by atoms with van der Waals surface area (Å²) in [7, 11) is 0. The molecule has 2 aromatic heterocycles. The van der Waals surface area contributed by atoms with Crippen molar-refractivity contribution >= 4 is 41.3 Å². The maximum atomic E-state index is 13.3. The number of nitrogens with zero attached hydrogens (tertiary/aromatic N) is 3. The van der Waals surface area contributed by atoms with E-state index in [1.807, 2.05) is 0 Å². The summed E-state index contributed by atoms with van der Waals surface area (Å²) in [6.45, 7) is -0.305. The van der Waals surface area contributed by atoms with E-state index in [1.54, 1.807) is 95.6 Å². The van der Waals surface area contributed by atoms with Crippen molar-refractivity contribution in [2.24, 2.45) is 0 Å². The highest BCUT2D eigenvalue weighted by Crippen LogP contribution is 2.36. The number of rotatable bonds is 8. The molecule has 0 bridgehead atoms. The Labute approximate surface area is 250 Å². The lowest BCUT2D eigenvalue weighted by atomic mass is 10.1. The van der Waals surface area contributed by atoms with Gasteiger partial charge in [-0.25, -0.2) is 24.4 Å². The van der Waals surface area contributed by atoms with Gasteiger partial charge >= 0.3 is 17.9 Å². The Morgan fingerprint density at radius 2 is 1.30 bits per heavy atom. The molecule has 5 aromatic rings. The van der Waals surface area contributed by atoms with Crippen LogP contribution in [0.15, 0.2) is 104 Å². The number of carbonyl (C=O) groups is 3. The van der Waals surface area contributed by atoms with Gasteiger partial charge in [-0.2, -0.15) is 0 Å². The molecule has 11 nitrogen and oxygen atoms in total. The molecule has 0 amide bonds. The molecular weight excluding hydrogens is 572 g/mol. The van der Waals surface area contributed by atoms with E-state index in [0.717, 1.165) is 0 Å². The molecule has 0 aliphatic carbocycles. The summed E-state index contributed by atoms with van der Waals surface area (Å²) in [6.07, 6.45) is -1.58. The molecule has 0 saturated carbocycles. The third kappa shape index (κ3) is 5.92. The van der Waals surface area contributed by atoms with Gasteiger partial charge in [0.15, 0.2) is 23.1 Å². The van der Waals surface area contributed by atoms with Crippen LogP contribution in [0.5, 0.6) is 0 Å². The second kappa shape index (κ2) is 12.3. The van der Waals surface area contributed by atoms with Crippen molar-refractivity contribution in [3.8, 4) is 0 Å². The van der Waals surface area contributed by atoms with E-state index in [0.29, 0.717) is 16.7 Å². The molecular formula is C31H24N4O7S. The van der Waals surface area contributed by atoms with Gasteiger partial charge in [0.1, 0.15) is 23.9 Å². The van der Waals surface area contributed by atoms with Gasteiger partial charge in [-0.05, 0) is 36.4 Å². The smallest absolute Gasteiger partial charge is 0.338 e. The highest BCUT2D eigenvalue weighted by molar-refractivity contribution is 7.71. The Kier molecular flexibility index (Phi) is 8.03. The first-order valence-electron chi connectivity index (χ1n) is 13.3. The van der Waals surface area contributed by atoms with Crippen LogP contribution in [0.3, 0.4) is 0 Å². The zero-order chi connectivity index (χ0) is 29.8. The number of aromatic amines is 1. The Balaban J connectivity index is 1.37. The molecule has 43 heavy (non-hydrogen) atoms. The monoisotopic (exact) mass is 596 g/mol. The van der Waals surface area contributed by atoms with Crippen molar-refractivity contribution in [3.63, 3.8) is 0 Å². The summed E-state index contributed by atoms with van der Waals surface area (Å²) >= 11 is 5.32. The first kappa shape index (κ1) is 27.9. The molecule has 0 radical (unpaired) electrons. The third-order valence-electron chi connectivity index (χ3n) is 6.83. The molecule has 1 N–H and O–H groups in total. The summed E-state index contributed by atoms with van der Waals surface area (Å²) in [6, 6.07) is 25.2. The number of esters is 3. The highest BCUT2D eigenvalue weighted by Gasteiger charge is 2.51. The number of hydrogen-bond acceptors (Lipinski definition) is 10. The number of aromatic nitrogens is 4. The zero-order valence-electron chi connectivity index (χ0n) is 22.4. The standard InChI is InChI=1S/C31H24N4O7S/c36-29(19-10-4-1-5-11-19)39-16-22-24(41-30(37)20-12-6-2-7-13-20)25(42-31(38)21-14-8-3-9-15-21)28(40-22)35-18-34-23-26(35)32-17-33-27(23)43/h1-15,17-18,22,24-25,28H,16H2,(H,32,33,43). The lowest BCUT2D eigenvalue weighted by Crippen LogP contribution is -2.41. The van der Waals surface area contributed by atoms with Crippen molar-refractivity contribution in [1.82, 2.24) is 19.5 Å². The summed E-state index contributed by atoms with van der Waals surface area (Å²) in [5.41, 5.74) is 1.74. The van der Waals surface area contributed by atoms with Crippen LogP contribution in [-0.4, -0.2) is 62.3 Å². The topological polar surface area (TPSA) is 135 Å². The molecule has 0 spiro atoms. The average molecular weight is 597 g/mol. The van der Waals surface area contributed by atoms with Crippen LogP contribution in [-0.2, 0) is 18.9 Å². The fourth-order valence-corrected chi connectivity index (χ4v) is 4.95. The maximum absolute atomic E-state index is 13.3. The second-order valence-corrected chi connectivity index (χ2v) is 9.94. The van der Waals surface area contributed by atoms with E-state index in [4.69, 9.17) is 31.2 Å². The number of H-pyrrole nitrogens is 1. The summed E-state index contributed by atoms with van der Waals surface area (Å²) < 4.78 is 25.7. The summed E-state index contributed by atoms with van der Waals surface area (Å²) in [5.74, 6) is -1.93. The van der Waals surface area contributed by atoms with Gasteiger partial charge in [0.05, 0.1) is 29.3 Å². The second-order valence-electron chi connectivity index (χ2n) is 9.56. The molecule has 1 aliphatic heterocycles. The SMILES string of the molecule is O=C(OCC1OC(n2cnc3c(=S)nc[nH]c32)C(OC(=O)c2ccccc2)C1OC(=O)c1ccccc1)c1ccccc1. The molecule has 216 valence electrons. The summed E-state index contributed by atoms with van der Waals surface area (Å²) in [4.78, 5) is 50.8. The van der Waals surface area contributed by atoms with Crippen LogP contribution in [0, 0.1) is 4.64 Å².